The number of rotatable bonds is 4. The molecule has 0 saturated carbocycles. The highest BCUT2D eigenvalue weighted by Crippen LogP contribution is 2.45. The second-order valence-corrected chi connectivity index (χ2v) is 13.8. The van der Waals surface area contributed by atoms with Gasteiger partial charge < -0.3 is 14.3 Å². The molecule has 2 aromatic rings. The van der Waals surface area contributed by atoms with Crippen molar-refractivity contribution in [2.75, 3.05) is 6.54 Å². The number of benzene rings is 2. The molecule has 1 saturated heterocycles. The number of carbonyl (C=O) groups is 1. The fourth-order valence-corrected chi connectivity index (χ4v) is 5.54. The number of aliphatic hydroxyl groups is 1. The monoisotopic (exact) mass is 457 g/mol. The molecule has 5 nitrogen and oxygen atoms in total. The molecule has 0 aliphatic carbocycles. The molecule has 0 bridgehead atoms. The highest BCUT2D eigenvalue weighted by molar-refractivity contribution is 6.48. The average molecular weight is 458 g/mol. The third-order valence-electron chi connectivity index (χ3n) is 6.09. The van der Waals surface area contributed by atoms with Gasteiger partial charge in [-0.2, -0.15) is 0 Å². The Balaban J connectivity index is 2.06. The van der Waals surface area contributed by atoms with Gasteiger partial charge in [0.05, 0.1) is 6.10 Å². The van der Waals surface area contributed by atoms with Crippen LogP contribution in [0.2, 0.25) is 13.1 Å². The Kier molecular flexibility index (Phi) is 6.81. The first-order valence-corrected chi connectivity index (χ1v) is 14.3. The molecule has 3 rings (SSSR count). The SMILES string of the molecule is C[SiH](C)OC1[C@H](C(C)(C)C)CN(C(=O)OC(C)(C)C)[C@]1(O)Cc1ccc2ccccc2c1. The number of carbonyl (C=O) groups excluding carboxylic acids is 1. The van der Waals surface area contributed by atoms with Crippen LogP contribution in [-0.4, -0.2) is 49.1 Å². The van der Waals surface area contributed by atoms with E-state index < -0.39 is 32.6 Å². The van der Waals surface area contributed by atoms with E-state index in [0.717, 1.165) is 16.3 Å². The summed E-state index contributed by atoms with van der Waals surface area (Å²) < 4.78 is 12.2. The molecule has 176 valence electrons. The quantitative estimate of drug-likeness (QED) is 0.629. The Morgan fingerprint density at radius 3 is 2.28 bits per heavy atom. The molecule has 1 amide bonds. The predicted molar refractivity (Wildman–Crippen MR) is 132 cm³/mol. The maximum Gasteiger partial charge on any atom is 0.412 e. The fourth-order valence-electron chi connectivity index (χ4n) is 4.55. The Labute approximate surface area is 194 Å². The van der Waals surface area contributed by atoms with E-state index in [1.54, 1.807) is 0 Å². The van der Waals surface area contributed by atoms with Gasteiger partial charge >= 0.3 is 6.09 Å². The van der Waals surface area contributed by atoms with E-state index in [1.165, 1.54) is 4.90 Å². The summed E-state index contributed by atoms with van der Waals surface area (Å²) >= 11 is 0. The normalized spacial score (nSPS) is 24.4. The lowest BCUT2D eigenvalue weighted by atomic mass is 9.76. The van der Waals surface area contributed by atoms with Gasteiger partial charge in [0, 0.05) is 18.9 Å². The molecular formula is C26H39NO4Si. The van der Waals surface area contributed by atoms with Crippen LogP contribution in [0.25, 0.3) is 10.8 Å². The topological polar surface area (TPSA) is 59.0 Å². The van der Waals surface area contributed by atoms with Gasteiger partial charge in [0.25, 0.3) is 0 Å². The van der Waals surface area contributed by atoms with E-state index in [4.69, 9.17) is 9.16 Å². The Hall–Kier alpha value is -1.89. The van der Waals surface area contributed by atoms with Crippen molar-refractivity contribution in [2.45, 2.75) is 78.5 Å². The summed E-state index contributed by atoms with van der Waals surface area (Å²) in [4.78, 5) is 14.8. The first-order chi connectivity index (χ1) is 14.7. The minimum absolute atomic E-state index is 0.0182. The van der Waals surface area contributed by atoms with E-state index in [1.807, 2.05) is 39.0 Å². The summed E-state index contributed by atoms with van der Waals surface area (Å²) in [6.07, 6.45) is -0.685. The highest BCUT2D eigenvalue weighted by Gasteiger charge is 2.59. The summed E-state index contributed by atoms with van der Waals surface area (Å²) in [6, 6.07) is 14.3. The van der Waals surface area contributed by atoms with Crippen molar-refractivity contribution in [2.24, 2.45) is 11.3 Å². The lowest BCUT2D eigenvalue weighted by Crippen LogP contribution is -2.57. The summed E-state index contributed by atoms with van der Waals surface area (Å²) in [5, 5.41) is 14.5. The van der Waals surface area contributed by atoms with Crippen LogP contribution in [0.3, 0.4) is 0 Å². The second-order valence-electron chi connectivity index (χ2n) is 11.4. The van der Waals surface area contributed by atoms with Crippen molar-refractivity contribution in [1.82, 2.24) is 4.90 Å². The van der Waals surface area contributed by atoms with Crippen molar-refractivity contribution in [3.63, 3.8) is 0 Å². The number of hydrogen-bond donors (Lipinski definition) is 1. The standard InChI is InChI=1S/C26H39NO4Si/c1-24(2,3)21-17-27(23(28)30-25(4,5)6)26(29,22(21)31-32(7)8)16-18-13-14-19-11-9-10-12-20(19)15-18/h9-15,21-22,29,32H,16-17H2,1-8H3/t21-,22?,26+/m1/s1. The van der Waals surface area contributed by atoms with E-state index in [2.05, 4.69) is 58.1 Å². The van der Waals surface area contributed by atoms with Crippen LogP contribution in [0, 0.1) is 11.3 Å². The first-order valence-electron chi connectivity index (χ1n) is 11.6. The zero-order chi connectivity index (χ0) is 23.9. The minimum atomic E-state index is -1.50. The summed E-state index contributed by atoms with van der Waals surface area (Å²) in [6.45, 7) is 16.6. The molecule has 1 aliphatic rings. The minimum Gasteiger partial charge on any atom is -0.444 e. The molecule has 0 radical (unpaired) electrons. The van der Waals surface area contributed by atoms with Crippen molar-refractivity contribution >= 4 is 25.9 Å². The third-order valence-corrected chi connectivity index (χ3v) is 6.93. The van der Waals surface area contributed by atoms with Crippen LogP contribution in [0.15, 0.2) is 42.5 Å². The number of ether oxygens (including phenoxy) is 1. The van der Waals surface area contributed by atoms with Gasteiger partial charge in [-0.15, -0.1) is 0 Å². The zero-order valence-corrected chi connectivity index (χ0v) is 22.0. The Morgan fingerprint density at radius 2 is 1.72 bits per heavy atom. The van der Waals surface area contributed by atoms with E-state index in [9.17, 15) is 9.90 Å². The van der Waals surface area contributed by atoms with Crippen LogP contribution >= 0.6 is 0 Å². The number of hydrogen-bond acceptors (Lipinski definition) is 4. The van der Waals surface area contributed by atoms with E-state index in [-0.39, 0.29) is 17.8 Å². The molecule has 32 heavy (non-hydrogen) atoms. The molecular weight excluding hydrogens is 418 g/mol. The maximum atomic E-state index is 13.3. The molecule has 1 fully saturated rings. The smallest absolute Gasteiger partial charge is 0.412 e. The predicted octanol–water partition coefficient (Wildman–Crippen LogP) is 5.35. The summed E-state index contributed by atoms with van der Waals surface area (Å²) in [5.74, 6) is -0.0182. The summed E-state index contributed by atoms with van der Waals surface area (Å²) in [7, 11) is -1.50. The molecule has 3 atom stereocenters. The van der Waals surface area contributed by atoms with Gasteiger partial charge in [-0.05, 0) is 55.6 Å². The van der Waals surface area contributed by atoms with Gasteiger partial charge in [-0.1, -0.05) is 63.2 Å². The number of nitrogens with zero attached hydrogens (tertiary/aromatic N) is 1. The average Bonchev–Trinajstić information content (AvgIpc) is 2.92. The molecule has 1 unspecified atom stereocenters. The highest BCUT2D eigenvalue weighted by atomic mass is 28.3. The zero-order valence-electron chi connectivity index (χ0n) is 20.8. The molecule has 1 N–H and O–H groups in total. The lowest BCUT2D eigenvalue weighted by molar-refractivity contribution is -0.136. The molecule has 2 aromatic carbocycles. The van der Waals surface area contributed by atoms with Gasteiger partial charge in [-0.25, -0.2) is 4.79 Å². The van der Waals surface area contributed by atoms with Crippen molar-refractivity contribution in [3.8, 4) is 0 Å². The molecule has 0 spiro atoms. The molecule has 1 aliphatic heterocycles. The molecule has 6 heteroatoms. The van der Waals surface area contributed by atoms with Crippen LogP contribution < -0.4 is 0 Å². The van der Waals surface area contributed by atoms with Crippen LogP contribution in [0.1, 0.15) is 47.1 Å². The van der Waals surface area contributed by atoms with Crippen molar-refractivity contribution < 1.29 is 19.1 Å². The van der Waals surface area contributed by atoms with E-state index >= 15 is 0 Å². The maximum absolute atomic E-state index is 13.3. The summed E-state index contributed by atoms with van der Waals surface area (Å²) in [5.41, 5.74) is -1.32. The number of amides is 1. The molecule has 1 heterocycles. The Bertz CT molecular complexity index is 962. The number of fused-ring (bicyclic) bond motifs is 1. The first kappa shape index (κ1) is 24.7. The lowest BCUT2D eigenvalue weighted by Gasteiger charge is -2.40. The van der Waals surface area contributed by atoms with Gasteiger partial charge in [0.1, 0.15) is 5.60 Å². The largest absolute Gasteiger partial charge is 0.444 e. The molecule has 0 aromatic heterocycles. The fraction of sp³-hybridized carbons (Fsp3) is 0.577. The van der Waals surface area contributed by atoms with E-state index in [0.29, 0.717) is 6.54 Å². The van der Waals surface area contributed by atoms with Gasteiger partial charge in [0.2, 0.25) is 0 Å². The van der Waals surface area contributed by atoms with Crippen LogP contribution in [-0.2, 0) is 15.6 Å². The van der Waals surface area contributed by atoms with Crippen LogP contribution in [0.5, 0.6) is 0 Å². The Morgan fingerprint density at radius 1 is 1.09 bits per heavy atom. The van der Waals surface area contributed by atoms with Crippen molar-refractivity contribution in [1.29, 1.82) is 0 Å². The third kappa shape index (κ3) is 5.35. The van der Waals surface area contributed by atoms with Gasteiger partial charge in [-0.3, -0.25) is 4.90 Å². The van der Waals surface area contributed by atoms with Crippen LogP contribution in [0.4, 0.5) is 4.79 Å². The van der Waals surface area contributed by atoms with Crippen molar-refractivity contribution in [3.05, 3.63) is 48.0 Å². The second kappa shape index (κ2) is 8.80. The number of likely N-dealkylation sites (tertiary alicyclic amines) is 1. The van der Waals surface area contributed by atoms with Gasteiger partial charge in [0.15, 0.2) is 14.8 Å².